The number of aromatic nitrogens is 2. The molecule has 0 radical (unpaired) electrons. The molecular formula is C15H22N2O2. The van der Waals surface area contributed by atoms with E-state index in [1.54, 1.807) is 12.4 Å². The van der Waals surface area contributed by atoms with E-state index in [2.05, 4.69) is 30.7 Å². The van der Waals surface area contributed by atoms with E-state index in [0.717, 1.165) is 11.4 Å². The van der Waals surface area contributed by atoms with Crippen LogP contribution < -0.4 is 0 Å². The minimum atomic E-state index is -0.727. The summed E-state index contributed by atoms with van der Waals surface area (Å²) < 4.78 is 0. The quantitative estimate of drug-likeness (QED) is 0.905. The summed E-state index contributed by atoms with van der Waals surface area (Å²) in [6, 6.07) is 0. The number of rotatable bonds is 4. The van der Waals surface area contributed by atoms with Crippen LogP contribution in [0.5, 0.6) is 0 Å². The van der Waals surface area contributed by atoms with Gasteiger partial charge >= 0.3 is 5.97 Å². The molecule has 0 aromatic carbocycles. The number of aliphatic carboxylic acids is 1. The highest BCUT2D eigenvalue weighted by molar-refractivity contribution is 5.77. The first kappa shape index (κ1) is 14.0. The van der Waals surface area contributed by atoms with Gasteiger partial charge in [-0.3, -0.25) is 4.79 Å². The van der Waals surface area contributed by atoms with Crippen molar-refractivity contribution in [1.29, 1.82) is 0 Å². The van der Waals surface area contributed by atoms with Crippen LogP contribution in [-0.4, -0.2) is 21.0 Å². The average molecular weight is 262 g/mol. The number of hydrogen-bond acceptors (Lipinski definition) is 3. The zero-order valence-corrected chi connectivity index (χ0v) is 12.2. The molecule has 4 heteroatoms. The molecule has 1 unspecified atom stereocenters. The number of carboxylic acid groups (broad SMARTS) is 1. The van der Waals surface area contributed by atoms with E-state index in [4.69, 9.17) is 0 Å². The fraction of sp³-hybridized carbons (Fsp3) is 0.667. The van der Waals surface area contributed by atoms with Crippen molar-refractivity contribution in [3.8, 4) is 0 Å². The van der Waals surface area contributed by atoms with Gasteiger partial charge in [-0.25, -0.2) is 9.97 Å². The SMILES string of the molecule is CC(C)C(C)c1ncc([C@H]2[C@H](C(=O)O)C2(C)C)cn1. The van der Waals surface area contributed by atoms with Crippen molar-refractivity contribution < 1.29 is 9.90 Å². The zero-order valence-electron chi connectivity index (χ0n) is 12.2. The molecule has 104 valence electrons. The molecule has 1 aliphatic rings. The summed E-state index contributed by atoms with van der Waals surface area (Å²) in [7, 11) is 0. The van der Waals surface area contributed by atoms with E-state index in [1.807, 2.05) is 13.8 Å². The Morgan fingerprint density at radius 3 is 2.16 bits per heavy atom. The van der Waals surface area contributed by atoms with E-state index in [0.29, 0.717) is 11.8 Å². The van der Waals surface area contributed by atoms with Crippen molar-refractivity contribution in [1.82, 2.24) is 9.97 Å². The minimum absolute atomic E-state index is 0.0356. The number of carbonyl (C=O) groups is 1. The Kier molecular flexibility index (Phi) is 3.37. The maximum absolute atomic E-state index is 11.2. The van der Waals surface area contributed by atoms with Gasteiger partial charge in [0.2, 0.25) is 0 Å². The maximum atomic E-state index is 11.2. The van der Waals surface area contributed by atoms with Crippen LogP contribution in [0.1, 0.15) is 57.8 Å². The fourth-order valence-electron chi connectivity index (χ4n) is 2.76. The van der Waals surface area contributed by atoms with Crippen molar-refractivity contribution in [2.45, 2.75) is 46.5 Å². The van der Waals surface area contributed by atoms with Crippen LogP contribution in [0.2, 0.25) is 0 Å². The Labute approximate surface area is 114 Å². The highest BCUT2D eigenvalue weighted by Crippen LogP contribution is 2.64. The molecule has 0 saturated heterocycles. The zero-order chi connectivity index (χ0) is 14.4. The predicted molar refractivity (Wildman–Crippen MR) is 72.9 cm³/mol. The Hall–Kier alpha value is -1.45. The van der Waals surface area contributed by atoms with Crippen molar-refractivity contribution in [3.05, 3.63) is 23.8 Å². The van der Waals surface area contributed by atoms with Gasteiger partial charge in [-0.1, -0.05) is 34.6 Å². The monoisotopic (exact) mass is 262 g/mol. The second kappa shape index (κ2) is 4.58. The molecule has 0 spiro atoms. The summed E-state index contributed by atoms with van der Waals surface area (Å²) >= 11 is 0. The van der Waals surface area contributed by atoms with Crippen molar-refractivity contribution in [2.24, 2.45) is 17.3 Å². The van der Waals surface area contributed by atoms with Gasteiger partial charge in [-0.2, -0.15) is 0 Å². The second-order valence-electron chi connectivity index (χ2n) is 6.52. The van der Waals surface area contributed by atoms with Crippen molar-refractivity contribution in [3.63, 3.8) is 0 Å². The molecule has 3 atom stereocenters. The molecule has 1 saturated carbocycles. The molecular weight excluding hydrogens is 240 g/mol. The van der Waals surface area contributed by atoms with Crippen LogP contribution >= 0.6 is 0 Å². The van der Waals surface area contributed by atoms with Gasteiger partial charge in [0.15, 0.2) is 0 Å². The largest absolute Gasteiger partial charge is 0.481 e. The number of nitrogens with zero attached hydrogens (tertiary/aromatic N) is 2. The van der Waals surface area contributed by atoms with Crippen LogP contribution in [0.3, 0.4) is 0 Å². The molecule has 0 amide bonds. The third-order valence-corrected chi connectivity index (χ3v) is 4.55. The van der Waals surface area contributed by atoms with Gasteiger partial charge in [0.05, 0.1) is 5.92 Å². The Morgan fingerprint density at radius 1 is 1.26 bits per heavy atom. The lowest BCUT2D eigenvalue weighted by molar-refractivity contribution is -0.139. The molecule has 1 aliphatic carbocycles. The summed E-state index contributed by atoms with van der Waals surface area (Å²) in [5.41, 5.74) is 0.748. The Morgan fingerprint density at radius 2 is 1.79 bits per heavy atom. The highest BCUT2D eigenvalue weighted by Gasteiger charge is 2.62. The molecule has 2 rings (SSSR count). The minimum Gasteiger partial charge on any atom is -0.481 e. The maximum Gasteiger partial charge on any atom is 0.307 e. The van der Waals surface area contributed by atoms with E-state index in [1.165, 1.54) is 0 Å². The average Bonchev–Trinajstić information content (AvgIpc) is 2.91. The van der Waals surface area contributed by atoms with Gasteiger partial charge in [0.1, 0.15) is 5.82 Å². The number of hydrogen-bond donors (Lipinski definition) is 1. The van der Waals surface area contributed by atoms with Crippen LogP contribution in [0.4, 0.5) is 0 Å². The standard InChI is InChI=1S/C15H22N2O2/c1-8(2)9(3)13-16-6-10(7-17-13)11-12(14(18)19)15(11,4)5/h6-9,11-12H,1-5H3,(H,18,19)/t9?,11-,12+/m0/s1. The van der Waals surface area contributed by atoms with E-state index >= 15 is 0 Å². The first-order valence-corrected chi connectivity index (χ1v) is 6.81. The number of carboxylic acids is 1. The molecule has 1 aromatic rings. The second-order valence-corrected chi connectivity index (χ2v) is 6.52. The molecule has 1 fully saturated rings. The summed E-state index contributed by atoms with van der Waals surface area (Å²) in [6.07, 6.45) is 3.60. The molecule has 1 aromatic heterocycles. The Bertz CT molecular complexity index is 479. The van der Waals surface area contributed by atoms with E-state index in [-0.39, 0.29) is 17.3 Å². The molecule has 1 N–H and O–H groups in total. The molecule has 0 aliphatic heterocycles. The fourth-order valence-corrected chi connectivity index (χ4v) is 2.76. The lowest BCUT2D eigenvalue weighted by atomic mass is 9.97. The summed E-state index contributed by atoms with van der Waals surface area (Å²) in [6.45, 7) is 10.4. The van der Waals surface area contributed by atoms with Crippen LogP contribution in [-0.2, 0) is 4.79 Å². The van der Waals surface area contributed by atoms with Crippen LogP contribution in [0.25, 0.3) is 0 Å². The molecule has 4 nitrogen and oxygen atoms in total. The van der Waals surface area contributed by atoms with Gasteiger partial charge in [0.25, 0.3) is 0 Å². The first-order chi connectivity index (χ1) is 8.76. The molecule has 1 heterocycles. The van der Waals surface area contributed by atoms with Crippen molar-refractivity contribution in [2.75, 3.05) is 0 Å². The first-order valence-electron chi connectivity index (χ1n) is 6.81. The van der Waals surface area contributed by atoms with Crippen LogP contribution in [0.15, 0.2) is 12.4 Å². The van der Waals surface area contributed by atoms with E-state index < -0.39 is 5.97 Å². The van der Waals surface area contributed by atoms with Crippen molar-refractivity contribution >= 4 is 5.97 Å². The molecule has 0 bridgehead atoms. The van der Waals surface area contributed by atoms with Crippen LogP contribution in [0, 0.1) is 17.3 Å². The third-order valence-electron chi connectivity index (χ3n) is 4.55. The smallest absolute Gasteiger partial charge is 0.307 e. The summed E-state index contributed by atoms with van der Waals surface area (Å²) in [5.74, 6) is 0.642. The summed E-state index contributed by atoms with van der Waals surface area (Å²) in [4.78, 5) is 20.0. The molecule has 19 heavy (non-hydrogen) atoms. The van der Waals surface area contributed by atoms with Gasteiger partial charge in [-0.15, -0.1) is 0 Å². The lowest BCUT2D eigenvalue weighted by Gasteiger charge is -2.14. The lowest BCUT2D eigenvalue weighted by Crippen LogP contribution is -2.07. The third kappa shape index (κ3) is 2.36. The Balaban J connectivity index is 2.19. The summed E-state index contributed by atoms with van der Waals surface area (Å²) in [5, 5.41) is 9.20. The normalized spacial score (nSPS) is 26.2. The van der Waals surface area contributed by atoms with Gasteiger partial charge in [-0.05, 0) is 16.9 Å². The highest BCUT2D eigenvalue weighted by atomic mass is 16.4. The van der Waals surface area contributed by atoms with E-state index in [9.17, 15) is 9.90 Å². The topological polar surface area (TPSA) is 63.1 Å². The predicted octanol–water partition coefficient (Wildman–Crippen LogP) is 3.06. The van der Waals surface area contributed by atoms with Gasteiger partial charge in [0, 0.05) is 24.2 Å². The van der Waals surface area contributed by atoms with Gasteiger partial charge < -0.3 is 5.11 Å².